The van der Waals surface area contributed by atoms with Crippen LogP contribution < -0.4 is 9.64 Å². The maximum absolute atomic E-state index is 12.6. The minimum absolute atomic E-state index is 0.320. The highest BCUT2D eigenvalue weighted by Gasteiger charge is 2.29. The summed E-state index contributed by atoms with van der Waals surface area (Å²) < 4.78 is 16.5. The van der Waals surface area contributed by atoms with Crippen molar-refractivity contribution < 1.29 is 23.8 Å². The molecule has 1 aromatic rings. The van der Waals surface area contributed by atoms with Crippen molar-refractivity contribution in [3.63, 3.8) is 0 Å². The van der Waals surface area contributed by atoms with Gasteiger partial charge in [0, 0.05) is 0 Å². The van der Waals surface area contributed by atoms with Crippen molar-refractivity contribution in [3.8, 4) is 5.75 Å². The minimum Gasteiger partial charge on any atom is -0.493 e. The lowest BCUT2D eigenvalue weighted by Crippen LogP contribution is -2.42. The average molecular weight is 417 g/mol. The molecule has 0 bridgehead atoms. The SMILES string of the molecule is COc1cnc(Br)cc1N(CC(=O)OC(C)(C)C)C(=O)OC(C)(C)C. The first-order valence-electron chi connectivity index (χ1n) is 7.74. The molecule has 0 saturated heterocycles. The number of carbonyl (C=O) groups is 2. The molecule has 0 atom stereocenters. The first-order valence-corrected chi connectivity index (χ1v) is 8.53. The molecule has 0 unspecified atom stereocenters. The molecule has 140 valence electrons. The van der Waals surface area contributed by atoms with E-state index >= 15 is 0 Å². The smallest absolute Gasteiger partial charge is 0.415 e. The third kappa shape index (κ3) is 7.29. The minimum atomic E-state index is -0.721. The summed E-state index contributed by atoms with van der Waals surface area (Å²) in [4.78, 5) is 30.1. The van der Waals surface area contributed by atoms with Crippen molar-refractivity contribution in [3.05, 3.63) is 16.9 Å². The highest BCUT2D eigenvalue weighted by atomic mass is 79.9. The highest BCUT2D eigenvalue weighted by Crippen LogP contribution is 2.31. The second kappa shape index (κ2) is 8.03. The first-order chi connectivity index (χ1) is 11.3. The van der Waals surface area contributed by atoms with Gasteiger partial charge in [-0.05, 0) is 63.5 Å². The monoisotopic (exact) mass is 416 g/mol. The van der Waals surface area contributed by atoms with Gasteiger partial charge in [-0.25, -0.2) is 9.78 Å². The van der Waals surface area contributed by atoms with E-state index in [1.807, 2.05) is 0 Å². The number of rotatable bonds is 4. The fourth-order valence-corrected chi connectivity index (χ4v) is 2.16. The lowest BCUT2D eigenvalue weighted by Gasteiger charge is -2.29. The summed E-state index contributed by atoms with van der Waals surface area (Å²) in [7, 11) is 1.45. The number of aromatic nitrogens is 1. The van der Waals surface area contributed by atoms with Gasteiger partial charge in [0.05, 0.1) is 19.0 Å². The summed E-state index contributed by atoms with van der Waals surface area (Å²) in [5.41, 5.74) is -1.04. The maximum atomic E-state index is 12.6. The van der Waals surface area contributed by atoms with E-state index < -0.39 is 23.3 Å². The molecule has 0 saturated carbocycles. The van der Waals surface area contributed by atoms with Gasteiger partial charge >= 0.3 is 12.1 Å². The Labute approximate surface area is 156 Å². The van der Waals surface area contributed by atoms with Gasteiger partial charge in [-0.1, -0.05) is 0 Å². The van der Waals surface area contributed by atoms with E-state index in [0.717, 1.165) is 0 Å². The second-order valence-corrected chi connectivity index (χ2v) is 8.14. The molecule has 0 aliphatic carbocycles. The topological polar surface area (TPSA) is 78.0 Å². The first kappa shape index (κ1) is 21.2. The van der Waals surface area contributed by atoms with E-state index in [-0.39, 0.29) is 6.54 Å². The Morgan fingerprint density at radius 3 is 2.16 bits per heavy atom. The molecular formula is C17H25BrN2O5. The normalized spacial score (nSPS) is 11.7. The molecule has 0 aliphatic heterocycles. The Morgan fingerprint density at radius 2 is 1.68 bits per heavy atom. The van der Waals surface area contributed by atoms with Crippen LogP contribution in [0.15, 0.2) is 16.9 Å². The van der Waals surface area contributed by atoms with Gasteiger partial charge in [0.1, 0.15) is 22.4 Å². The number of anilines is 1. The van der Waals surface area contributed by atoms with Crippen molar-refractivity contribution in [2.75, 3.05) is 18.6 Å². The number of hydrogen-bond donors (Lipinski definition) is 0. The Hall–Kier alpha value is -1.83. The number of nitrogens with zero attached hydrogens (tertiary/aromatic N) is 2. The van der Waals surface area contributed by atoms with Gasteiger partial charge in [-0.15, -0.1) is 0 Å². The number of esters is 1. The zero-order valence-electron chi connectivity index (χ0n) is 15.7. The molecule has 0 radical (unpaired) electrons. The summed E-state index contributed by atoms with van der Waals surface area (Å²) in [6, 6.07) is 1.58. The molecule has 0 spiro atoms. The van der Waals surface area contributed by atoms with E-state index in [9.17, 15) is 9.59 Å². The molecule has 1 amide bonds. The number of ether oxygens (including phenoxy) is 3. The number of amides is 1. The third-order valence-corrected chi connectivity index (χ3v) is 3.08. The van der Waals surface area contributed by atoms with Crippen LogP contribution in [0.3, 0.4) is 0 Å². The van der Waals surface area contributed by atoms with Crippen LogP contribution in [-0.4, -0.2) is 41.9 Å². The number of hydrogen-bond acceptors (Lipinski definition) is 6. The molecule has 25 heavy (non-hydrogen) atoms. The van der Waals surface area contributed by atoms with E-state index in [0.29, 0.717) is 16.0 Å². The van der Waals surface area contributed by atoms with Gasteiger partial charge in [0.2, 0.25) is 0 Å². The molecule has 0 fully saturated rings. The predicted molar refractivity (Wildman–Crippen MR) is 97.9 cm³/mol. The van der Waals surface area contributed by atoms with Gasteiger partial charge < -0.3 is 14.2 Å². The molecule has 8 heteroatoms. The summed E-state index contributed by atoms with van der Waals surface area (Å²) in [6.45, 7) is 10.2. The molecular weight excluding hydrogens is 392 g/mol. The zero-order chi connectivity index (χ0) is 19.4. The largest absolute Gasteiger partial charge is 0.493 e. The molecule has 1 rings (SSSR count). The van der Waals surface area contributed by atoms with Crippen LogP contribution in [0.4, 0.5) is 10.5 Å². The van der Waals surface area contributed by atoms with Gasteiger partial charge in [-0.3, -0.25) is 9.69 Å². The highest BCUT2D eigenvalue weighted by molar-refractivity contribution is 9.10. The van der Waals surface area contributed by atoms with Crippen molar-refractivity contribution in [2.24, 2.45) is 0 Å². The molecule has 0 N–H and O–H groups in total. The summed E-state index contributed by atoms with van der Waals surface area (Å²) in [6.07, 6.45) is 0.765. The Bertz CT molecular complexity index is 635. The standard InChI is InChI=1S/C17H25BrN2O5/c1-16(2,3)24-14(21)10-20(15(22)25-17(4,5)6)11-8-13(18)19-9-12(11)23-7/h8-9H,10H2,1-7H3. The lowest BCUT2D eigenvalue weighted by atomic mass is 10.2. The molecule has 7 nitrogen and oxygen atoms in total. The second-order valence-electron chi connectivity index (χ2n) is 7.33. The van der Waals surface area contributed by atoms with Crippen LogP contribution in [0.25, 0.3) is 0 Å². The summed E-state index contributed by atoms with van der Waals surface area (Å²) in [5, 5.41) is 0. The van der Waals surface area contributed by atoms with Crippen LogP contribution in [0.5, 0.6) is 5.75 Å². The van der Waals surface area contributed by atoms with Crippen LogP contribution in [0.1, 0.15) is 41.5 Å². The number of pyridine rings is 1. The third-order valence-electron chi connectivity index (χ3n) is 2.65. The van der Waals surface area contributed by atoms with E-state index in [4.69, 9.17) is 14.2 Å². The summed E-state index contributed by atoms with van der Waals surface area (Å²) in [5.74, 6) is -0.231. The molecule has 0 aliphatic rings. The average Bonchev–Trinajstić information content (AvgIpc) is 2.40. The number of halogens is 1. The van der Waals surface area contributed by atoms with Crippen LogP contribution in [-0.2, 0) is 14.3 Å². The van der Waals surface area contributed by atoms with Crippen molar-refractivity contribution in [1.29, 1.82) is 0 Å². The fourth-order valence-electron chi connectivity index (χ4n) is 1.84. The van der Waals surface area contributed by atoms with Crippen LogP contribution in [0, 0.1) is 0 Å². The number of methoxy groups -OCH3 is 1. The molecule has 1 heterocycles. The maximum Gasteiger partial charge on any atom is 0.415 e. The van der Waals surface area contributed by atoms with Crippen molar-refractivity contribution >= 4 is 33.7 Å². The van der Waals surface area contributed by atoms with E-state index in [1.54, 1.807) is 47.6 Å². The molecule has 0 aromatic carbocycles. The zero-order valence-corrected chi connectivity index (χ0v) is 17.3. The Kier molecular flexibility index (Phi) is 6.82. The number of carbonyl (C=O) groups excluding carboxylic acids is 2. The molecule has 1 aromatic heterocycles. The quantitative estimate of drug-likeness (QED) is 0.546. The van der Waals surface area contributed by atoms with Gasteiger partial charge in [0.25, 0.3) is 0 Å². The Morgan fingerprint density at radius 1 is 1.12 bits per heavy atom. The van der Waals surface area contributed by atoms with Crippen molar-refractivity contribution in [1.82, 2.24) is 4.98 Å². The lowest BCUT2D eigenvalue weighted by molar-refractivity contribution is -0.153. The van der Waals surface area contributed by atoms with E-state index in [1.165, 1.54) is 18.2 Å². The van der Waals surface area contributed by atoms with Crippen molar-refractivity contribution in [2.45, 2.75) is 52.7 Å². The van der Waals surface area contributed by atoms with Gasteiger partial charge in [0.15, 0.2) is 5.75 Å². The van der Waals surface area contributed by atoms with Crippen LogP contribution in [0.2, 0.25) is 0 Å². The summed E-state index contributed by atoms with van der Waals surface area (Å²) >= 11 is 3.26. The fraction of sp³-hybridized carbons (Fsp3) is 0.588. The van der Waals surface area contributed by atoms with Crippen LogP contribution >= 0.6 is 15.9 Å². The Balaban J connectivity index is 3.22. The van der Waals surface area contributed by atoms with E-state index in [2.05, 4.69) is 20.9 Å². The van der Waals surface area contributed by atoms with Gasteiger partial charge in [-0.2, -0.15) is 0 Å². The predicted octanol–water partition coefficient (Wildman–Crippen LogP) is 3.94.